The number of ether oxygens (including phenoxy) is 1. The predicted molar refractivity (Wildman–Crippen MR) is 72.9 cm³/mol. The van der Waals surface area contributed by atoms with Crippen LogP contribution in [0.5, 0.6) is 0 Å². The summed E-state index contributed by atoms with van der Waals surface area (Å²) in [4.78, 5) is 11.1. The second kappa shape index (κ2) is 14.7. The molecule has 0 amide bonds. The number of rotatable bonds is 7. The summed E-state index contributed by atoms with van der Waals surface area (Å²) in [5.41, 5.74) is 5.26. The van der Waals surface area contributed by atoms with Crippen LogP contribution < -0.4 is 5.73 Å². The molecule has 0 bridgehead atoms. The molecule has 0 radical (unpaired) electrons. The van der Waals surface area contributed by atoms with Gasteiger partial charge in [-0.05, 0) is 25.5 Å². The van der Waals surface area contributed by atoms with E-state index in [1.165, 1.54) is 23.9 Å². The van der Waals surface area contributed by atoms with Gasteiger partial charge in [0.2, 0.25) is 0 Å². The maximum absolute atomic E-state index is 11.1. The first kappa shape index (κ1) is 21.0. The van der Waals surface area contributed by atoms with Gasteiger partial charge in [-0.2, -0.15) is 3.71 Å². The Kier molecular flexibility index (Phi) is 20.5. The molecule has 0 aliphatic heterocycles. The van der Waals surface area contributed by atoms with Crippen LogP contribution in [0.1, 0.15) is 6.42 Å². The molecule has 0 aromatic rings. The van der Waals surface area contributed by atoms with Gasteiger partial charge in [0.05, 0.1) is 6.61 Å². The maximum Gasteiger partial charge on any atom is 0.322 e. The van der Waals surface area contributed by atoms with E-state index in [0.717, 1.165) is 6.42 Å². The monoisotopic (exact) mass is 296 g/mol. The zero-order valence-corrected chi connectivity index (χ0v) is 12.1. The third kappa shape index (κ3) is 12.6. The number of hydrogen-bond donors (Lipinski definition) is 1. The first-order valence-corrected chi connectivity index (χ1v) is 6.32. The number of nitrogens with two attached hydrogens (primary N) is 1. The average Bonchev–Trinajstić information content (AvgIpc) is 2.14. The molecule has 0 unspecified atom stereocenters. The maximum atomic E-state index is 11.1. The van der Waals surface area contributed by atoms with Gasteiger partial charge in [-0.25, -0.2) is 0 Å². The van der Waals surface area contributed by atoms with Crippen LogP contribution >= 0.6 is 48.7 Å². The van der Waals surface area contributed by atoms with E-state index in [1.807, 2.05) is 16.2 Å². The normalized spacial score (nSPS) is 9.07. The molecule has 4 nitrogen and oxygen atoms in total. The predicted octanol–water partition coefficient (Wildman–Crippen LogP) is 1.58. The van der Waals surface area contributed by atoms with E-state index in [0.29, 0.717) is 19.7 Å². The largest absolute Gasteiger partial charge is 0.465 e. The molecule has 0 aromatic carbocycles. The molecule has 0 atom stereocenters. The van der Waals surface area contributed by atoms with E-state index in [9.17, 15) is 4.79 Å². The molecule has 0 saturated carbocycles. The molecule has 0 rings (SSSR count). The van der Waals surface area contributed by atoms with Crippen LogP contribution in [0.4, 0.5) is 0 Å². The van der Waals surface area contributed by atoms with Gasteiger partial charge in [0.25, 0.3) is 0 Å². The molecule has 0 aliphatic rings. The highest BCUT2D eigenvalue weighted by molar-refractivity contribution is 8.11. The van der Waals surface area contributed by atoms with Gasteiger partial charge in [0.15, 0.2) is 0 Å². The molecule has 8 heteroatoms. The van der Waals surface area contributed by atoms with Crippen molar-refractivity contribution in [2.45, 2.75) is 6.42 Å². The van der Waals surface area contributed by atoms with Crippen LogP contribution in [0.3, 0.4) is 0 Å². The minimum atomic E-state index is -0.197. The van der Waals surface area contributed by atoms with Crippen molar-refractivity contribution in [3.05, 3.63) is 0 Å². The highest BCUT2D eigenvalue weighted by atomic mass is 35.5. The number of carbonyl (C=O) groups excluding carboxylic acids is 1. The van der Waals surface area contributed by atoms with Crippen molar-refractivity contribution >= 4 is 54.7 Å². The quantitative estimate of drug-likeness (QED) is 0.437. The average molecular weight is 297 g/mol. The Morgan fingerprint density at radius 2 is 1.87 bits per heavy atom. The van der Waals surface area contributed by atoms with Crippen LogP contribution in [0.2, 0.25) is 0 Å². The molecule has 2 N–H and O–H groups in total. The third-order valence-corrected chi connectivity index (χ3v) is 3.24. The summed E-state index contributed by atoms with van der Waals surface area (Å²) in [6.45, 7) is 1.29. The van der Waals surface area contributed by atoms with Crippen LogP contribution in [0.25, 0.3) is 0 Å². The molecular formula is C7H18Cl2N2O2S2. The van der Waals surface area contributed by atoms with Crippen LogP contribution in [0.15, 0.2) is 0 Å². The van der Waals surface area contributed by atoms with Crippen LogP contribution in [0, 0.1) is 0 Å². The topological polar surface area (TPSA) is 55.6 Å². The van der Waals surface area contributed by atoms with Gasteiger partial charge in [-0.3, -0.25) is 4.79 Å². The van der Waals surface area contributed by atoms with Crippen LogP contribution in [-0.2, 0) is 9.53 Å². The fourth-order valence-electron chi connectivity index (χ4n) is 0.624. The van der Waals surface area contributed by atoms with Crippen molar-refractivity contribution in [2.75, 3.05) is 32.2 Å². The summed E-state index contributed by atoms with van der Waals surface area (Å²) < 4.78 is 6.78. The Morgan fingerprint density at radius 3 is 2.27 bits per heavy atom. The van der Waals surface area contributed by atoms with Crippen molar-refractivity contribution < 1.29 is 9.53 Å². The highest BCUT2D eigenvalue weighted by Crippen LogP contribution is 2.15. The van der Waals surface area contributed by atoms with E-state index < -0.39 is 0 Å². The number of hydrogen-bond acceptors (Lipinski definition) is 6. The van der Waals surface area contributed by atoms with Gasteiger partial charge in [-0.1, -0.05) is 23.9 Å². The molecule has 0 fully saturated rings. The van der Waals surface area contributed by atoms with Crippen LogP contribution in [-0.4, -0.2) is 41.9 Å². The van der Waals surface area contributed by atoms with Crippen molar-refractivity contribution in [3.63, 3.8) is 0 Å². The lowest BCUT2D eigenvalue weighted by Gasteiger charge is -2.13. The third-order valence-electron chi connectivity index (χ3n) is 1.28. The van der Waals surface area contributed by atoms with Crippen molar-refractivity contribution in [3.8, 4) is 0 Å². The summed E-state index contributed by atoms with van der Waals surface area (Å²) in [6.07, 6.45) is 4.57. The van der Waals surface area contributed by atoms with Gasteiger partial charge >= 0.3 is 5.97 Å². The molecule has 0 heterocycles. The zero-order valence-electron chi connectivity index (χ0n) is 8.80. The van der Waals surface area contributed by atoms with E-state index in [-0.39, 0.29) is 30.8 Å². The molecular weight excluding hydrogens is 279 g/mol. The Labute approximate surface area is 112 Å². The minimum absolute atomic E-state index is 0. The number of carbonyl (C=O) groups is 1. The fourth-order valence-corrected chi connectivity index (χ4v) is 1.69. The fraction of sp³-hybridized carbons (Fsp3) is 0.857. The zero-order chi connectivity index (χ0) is 10.1. The van der Waals surface area contributed by atoms with E-state index in [2.05, 4.69) is 0 Å². The molecule has 0 saturated heterocycles. The van der Waals surface area contributed by atoms with E-state index in [1.54, 1.807) is 0 Å². The number of nitrogens with zero attached hydrogens (tertiary/aromatic N) is 1. The smallest absolute Gasteiger partial charge is 0.322 e. The van der Waals surface area contributed by atoms with Gasteiger partial charge in [0, 0.05) is 0 Å². The minimum Gasteiger partial charge on any atom is -0.465 e. The van der Waals surface area contributed by atoms with Gasteiger partial charge < -0.3 is 10.5 Å². The Hall–Kier alpha value is 0.670. The molecule has 94 valence electrons. The lowest BCUT2D eigenvalue weighted by atomic mass is 10.5. The first-order chi connectivity index (χ1) is 6.24. The Morgan fingerprint density at radius 1 is 1.33 bits per heavy atom. The standard InChI is InChI=1S/C7H16N2O2S2.2ClH/c1-12-9(13-2)6-7(10)11-5-3-4-8;;/h3-6,8H2,1-2H3;2*1H. The van der Waals surface area contributed by atoms with Gasteiger partial charge in [-0.15, -0.1) is 24.8 Å². The molecule has 0 aromatic heterocycles. The van der Waals surface area contributed by atoms with Gasteiger partial charge in [0.1, 0.15) is 6.54 Å². The second-order valence-electron chi connectivity index (χ2n) is 2.22. The van der Waals surface area contributed by atoms with Crippen molar-refractivity contribution in [1.82, 2.24) is 3.71 Å². The molecule has 0 aliphatic carbocycles. The first-order valence-electron chi connectivity index (χ1n) is 3.96. The Bertz CT molecular complexity index is 151. The van der Waals surface area contributed by atoms with E-state index in [4.69, 9.17) is 10.5 Å². The molecule has 15 heavy (non-hydrogen) atoms. The number of halogens is 2. The van der Waals surface area contributed by atoms with Crippen molar-refractivity contribution in [1.29, 1.82) is 0 Å². The highest BCUT2D eigenvalue weighted by Gasteiger charge is 2.08. The Balaban J connectivity index is -0.000000720. The van der Waals surface area contributed by atoms with E-state index >= 15 is 0 Å². The summed E-state index contributed by atoms with van der Waals surface area (Å²) in [6, 6.07) is 0. The lowest BCUT2D eigenvalue weighted by molar-refractivity contribution is -0.142. The van der Waals surface area contributed by atoms with Crippen molar-refractivity contribution in [2.24, 2.45) is 5.73 Å². The number of esters is 1. The molecule has 0 spiro atoms. The summed E-state index contributed by atoms with van der Waals surface area (Å²) in [5, 5.41) is 0. The SMILES string of the molecule is CSN(CC(=O)OCCCN)SC.Cl.Cl. The second-order valence-corrected chi connectivity index (χ2v) is 4.06. The summed E-state index contributed by atoms with van der Waals surface area (Å²) >= 11 is 3.02. The summed E-state index contributed by atoms with van der Waals surface area (Å²) in [7, 11) is 0. The summed E-state index contributed by atoms with van der Waals surface area (Å²) in [5.74, 6) is -0.197. The lowest BCUT2D eigenvalue weighted by Crippen LogP contribution is -2.20.